The first-order chi connectivity index (χ1) is 4.81. The van der Waals surface area contributed by atoms with Crippen LogP contribution >= 0.6 is 0 Å². The van der Waals surface area contributed by atoms with E-state index in [1.54, 1.807) is 0 Å². The second-order valence-electron chi connectivity index (χ2n) is 2.38. The third-order valence-corrected chi connectivity index (χ3v) is 0.945. The van der Waals surface area contributed by atoms with Crippen LogP contribution in [-0.4, -0.2) is 11.9 Å². The lowest BCUT2D eigenvalue weighted by Crippen LogP contribution is -1.94. The Balaban J connectivity index is 0.000000236. The monoisotopic (exact) mass is 140 g/mol. The molecule has 0 amide bonds. The minimum Gasteiger partial charge on any atom is -0.164 e. The van der Waals surface area contributed by atoms with Crippen LogP contribution in [0.4, 0.5) is 0 Å². The highest BCUT2D eigenvalue weighted by Crippen LogP contribution is 1.95. The van der Waals surface area contributed by atoms with Gasteiger partial charge in [-0.05, 0) is 19.8 Å². The number of hydrogen-bond acceptors (Lipinski definition) is 2. The molecule has 2 heteroatoms. The molecule has 0 N–H and O–H groups in total. The van der Waals surface area contributed by atoms with Gasteiger partial charge in [0.1, 0.15) is 0 Å². The molecule has 2 nitrogen and oxygen atoms in total. The van der Waals surface area contributed by atoms with Crippen molar-refractivity contribution in [1.29, 1.82) is 0 Å². The first-order valence-electron chi connectivity index (χ1n) is 3.86. The van der Waals surface area contributed by atoms with Gasteiger partial charge in [-0.2, -0.15) is 10.2 Å². The number of rotatable bonds is 0. The molecule has 0 aromatic rings. The maximum atomic E-state index is 3.82. The summed E-state index contributed by atoms with van der Waals surface area (Å²) in [6.07, 6.45) is 5.24. The maximum Gasteiger partial charge on any atom is 0.0378 e. The van der Waals surface area contributed by atoms with Crippen molar-refractivity contribution in [2.75, 3.05) is 0 Å². The lowest BCUT2D eigenvalue weighted by Gasteiger charge is -1.96. The van der Waals surface area contributed by atoms with Gasteiger partial charge in [0, 0.05) is 11.9 Å². The summed E-state index contributed by atoms with van der Waals surface area (Å²) in [6.45, 7) is 6.25. The summed E-state index contributed by atoms with van der Waals surface area (Å²) in [5.41, 5.74) is 1.14. The molecule has 0 unspecified atom stereocenters. The van der Waals surface area contributed by atoms with Gasteiger partial charge in [0.25, 0.3) is 0 Å². The van der Waals surface area contributed by atoms with Crippen molar-refractivity contribution < 1.29 is 0 Å². The molecule has 0 atom stereocenters. The topological polar surface area (TPSA) is 24.7 Å². The zero-order chi connectivity index (χ0) is 7.82. The first-order valence-corrected chi connectivity index (χ1v) is 3.86. The summed E-state index contributed by atoms with van der Waals surface area (Å²) in [7, 11) is 0. The summed E-state index contributed by atoms with van der Waals surface area (Å²) in [5.74, 6) is 0. The van der Waals surface area contributed by atoms with Crippen molar-refractivity contribution in [2.45, 2.75) is 40.0 Å². The highest BCUT2D eigenvalue weighted by Gasteiger charge is 1.91. The molecule has 0 aromatic heterocycles. The highest BCUT2D eigenvalue weighted by molar-refractivity contribution is 5.85. The summed E-state index contributed by atoms with van der Waals surface area (Å²) >= 11 is 0. The van der Waals surface area contributed by atoms with Crippen LogP contribution in [0.3, 0.4) is 0 Å². The van der Waals surface area contributed by atoms with E-state index in [2.05, 4.69) is 24.1 Å². The van der Waals surface area contributed by atoms with Crippen LogP contribution in [0, 0.1) is 0 Å². The molecule has 1 rings (SSSR count). The van der Waals surface area contributed by atoms with E-state index < -0.39 is 0 Å². The van der Waals surface area contributed by atoms with E-state index in [1.807, 2.05) is 13.1 Å². The average Bonchev–Trinajstić information content (AvgIpc) is 1.91. The van der Waals surface area contributed by atoms with Gasteiger partial charge in [0.05, 0.1) is 0 Å². The van der Waals surface area contributed by atoms with Gasteiger partial charge in [-0.15, -0.1) is 0 Å². The van der Waals surface area contributed by atoms with Gasteiger partial charge in [-0.1, -0.05) is 20.3 Å². The Bertz CT molecular complexity index is 125. The first kappa shape index (κ1) is 9.34. The molecule has 10 heavy (non-hydrogen) atoms. The van der Waals surface area contributed by atoms with E-state index in [9.17, 15) is 0 Å². The highest BCUT2D eigenvalue weighted by atomic mass is 15.2. The molecule has 0 radical (unpaired) electrons. The molecule has 58 valence electrons. The Morgan fingerprint density at radius 3 is 2.30 bits per heavy atom. The minimum atomic E-state index is 1.06. The number of hydrogen-bond donors (Lipinski definition) is 0. The van der Waals surface area contributed by atoms with Crippen molar-refractivity contribution in [3.63, 3.8) is 0 Å². The van der Waals surface area contributed by atoms with Gasteiger partial charge in [-0.25, -0.2) is 0 Å². The fourth-order valence-corrected chi connectivity index (χ4v) is 0.521. The van der Waals surface area contributed by atoms with Crippen LogP contribution in [0.25, 0.3) is 0 Å². The molecule has 0 saturated carbocycles. The predicted octanol–water partition coefficient (Wildman–Crippen LogP) is 2.64. The second-order valence-corrected chi connectivity index (χ2v) is 2.38. The molecule has 0 fully saturated rings. The summed E-state index contributed by atoms with van der Waals surface area (Å²) in [5, 5.41) is 7.54. The largest absolute Gasteiger partial charge is 0.164 e. The van der Waals surface area contributed by atoms with Crippen LogP contribution in [-0.2, 0) is 0 Å². The third-order valence-electron chi connectivity index (χ3n) is 0.945. The van der Waals surface area contributed by atoms with Crippen LogP contribution in [0.15, 0.2) is 10.2 Å². The van der Waals surface area contributed by atoms with E-state index in [0.29, 0.717) is 0 Å². The molecule has 0 aromatic carbocycles. The minimum absolute atomic E-state index is 1.06. The van der Waals surface area contributed by atoms with Gasteiger partial charge < -0.3 is 0 Å². The molecule has 0 saturated heterocycles. The molecule has 0 aliphatic carbocycles. The fraction of sp³-hybridized carbons (Fsp3) is 0.750. The normalized spacial score (nSPS) is 15.3. The molecular weight excluding hydrogens is 124 g/mol. The van der Waals surface area contributed by atoms with Gasteiger partial charge in [0.2, 0.25) is 0 Å². The van der Waals surface area contributed by atoms with Crippen LogP contribution in [0.2, 0.25) is 0 Å². The molecule has 1 aliphatic heterocycles. The zero-order valence-electron chi connectivity index (χ0n) is 7.09. The fourth-order valence-electron chi connectivity index (χ4n) is 0.521. The van der Waals surface area contributed by atoms with Crippen LogP contribution < -0.4 is 0 Å². The summed E-state index contributed by atoms with van der Waals surface area (Å²) in [6, 6.07) is 0. The quantitative estimate of drug-likeness (QED) is 0.494. The lowest BCUT2D eigenvalue weighted by molar-refractivity contribution is 1.06. The van der Waals surface area contributed by atoms with Crippen molar-refractivity contribution in [3.8, 4) is 0 Å². The predicted molar refractivity (Wildman–Crippen MR) is 46.8 cm³/mol. The average molecular weight is 140 g/mol. The summed E-state index contributed by atoms with van der Waals surface area (Å²) < 4.78 is 0. The Hall–Kier alpha value is -0.660. The van der Waals surface area contributed by atoms with Crippen molar-refractivity contribution in [2.24, 2.45) is 10.2 Å². The smallest absolute Gasteiger partial charge is 0.0378 e. The Labute approximate surface area is 63.1 Å². The Morgan fingerprint density at radius 2 is 2.10 bits per heavy atom. The van der Waals surface area contributed by atoms with E-state index in [-0.39, 0.29) is 0 Å². The van der Waals surface area contributed by atoms with Crippen molar-refractivity contribution in [3.05, 3.63) is 0 Å². The van der Waals surface area contributed by atoms with E-state index in [0.717, 1.165) is 18.6 Å². The lowest BCUT2D eigenvalue weighted by atomic mass is 10.2. The van der Waals surface area contributed by atoms with Gasteiger partial charge in [-0.3, -0.25) is 0 Å². The SMILES string of the molecule is CC1=NN=CCC1.CCC. The Morgan fingerprint density at radius 1 is 1.50 bits per heavy atom. The van der Waals surface area contributed by atoms with Crippen molar-refractivity contribution in [1.82, 2.24) is 0 Å². The maximum absolute atomic E-state index is 3.82. The molecule has 0 spiro atoms. The van der Waals surface area contributed by atoms with Gasteiger partial charge in [0.15, 0.2) is 0 Å². The number of nitrogens with zero attached hydrogens (tertiary/aromatic N) is 2. The van der Waals surface area contributed by atoms with Gasteiger partial charge >= 0.3 is 0 Å². The van der Waals surface area contributed by atoms with Crippen LogP contribution in [0.1, 0.15) is 40.0 Å². The third kappa shape index (κ3) is 5.48. The van der Waals surface area contributed by atoms with Crippen molar-refractivity contribution >= 4 is 11.9 Å². The summed E-state index contributed by atoms with van der Waals surface area (Å²) in [4.78, 5) is 0. The second kappa shape index (κ2) is 6.46. The molecule has 1 heterocycles. The zero-order valence-corrected chi connectivity index (χ0v) is 7.09. The molecular formula is C8H16N2. The molecule has 0 bridgehead atoms. The molecule has 1 aliphatic rings. The Kier molecular flexibility index (Phi) is 6.03. The standard InChI is InChI=1S/C5H8N2.C3H8/c1-5-3-2-4-6-7-5;1-3-2/h4H,2-3H2,1H3;3H2,1-2H3. The van der Waals surface area contributed by atoms with E-state index >= 15 is 0 Å². The van der Waals surface area contributed by atoms with E-state index in [1.165, 1.54) is 6.42 Å². The van der Waals surface area contributed by atoms with Crippen LogP contribution in [0.5, 0.6) is 0 Å². The van der Waals surface area contributed by atoms with E-state index in [4.69, 9.17) is 0 Å².